The van der Waals surface area contributed by atoms with Gasteiger partial charge in [-0.05, 0) is 12.8 Å². The maximum Gasteiger partial charge on any atom is 0.254 e. The van der Waals surface area contributed by atoms with Crippen LogP contribution in [-0.2, 0) is 14.3 Å². The Hall–Kier alpha value is -1.12. The van der Waals surface area contributed by atoms with E-state index in [4.69, 9.17) is 14.7 Å². The molecular formula is C11H16N2O3. The minimum absolute atomic E-state index is 0.0103. The third-order valence-corrected chi connectivity index (χ3v) is 3.08. The van der Waals surface area contributed by atoms with Gasteiger partial charge in [0.15, 0.2) is 6.10 Å². The topological polar surface area (TPSA) is 62.6 Å². The summed E-state index contributed by atoms with van der Waals surface area (Å²) in [6, 6.07) is 2.25. The Kier molecular flexibility index (Phi) is 3.75. The quantitative estimate of drug-likeness (QED) is 0.636. The minimum atomic E-state index is -0.438. The molecule has 0 bridgehead atoms. The fourth-order valence-electron chi connectivity index (χ4n) is 2.06. The Morgan fingerprint density at radius 1 is 1.31 bits per heavy atom. The molecule has 1 amide bonds. The van der Waals surface area contributed by atoms with Crippen molar-refractivity contribution >= 4 is 5.91 Å². The van der Waals surface area contributed by atoms with E-state index in [0.717, 1.165) is 12.8 Å². The lowest BCUT2D eigenvalue weighted by Gasteiger charge is -2.33. The van der Waals surface area contributed by atoms with Crippen LogP contribution in [0, 0.1) is 17.2 Å². The first-order valence-electron chi connectivity index (χ1n) is 5.69. The molecule has 2 heterocycles. The van der Waals surface area contributed by atoms with Gasteiger partial charge in [0.2, 0.25) is 0 Å². The third-order valence-electron chi connectivity index (χ3n) is 3.08. The van der Waals surface area contributed by atoms with Crippen LogP contribution in [0.4, 0.5) is 0 Å². The number of nitrogens with zero attached hydrogens (tertiary/aromatic N) is 2. The highest BCUT2D eigenvalue weighted by Crippen LogP contribution is 2.17. The molecule has 0 aliphatic carbocycles. The summed E-state index contributed by atoms with van der Waals surface area (Å²) in [5, 5.41) is 8.77. The second-order valence-electron chi connectivity index (χ2n) is 4.16. The molecule has 2 aliphatic rings. The van der Waals surface area contributed by atoms with Crippen molar-refractivity contribution < 1.29 is 14.3 Å². The predicted octanol–water partition coefficient (Wildman–Crippen LogP) is 0.164. The van der Waals surface area contributed by atoms with Crippen LogP contribution in [0.15, 0.2) is 0 Å². The molecule has 0 aromatic rings. The van der Waals surface area contributed by atoms with E-state index in [0.29, 0.717) is 32.9 Å². The van der Waals surface area contributed by atoms with Crippen LogP contribution < -0.4 is 0 Å². The molecule has 88 valence electrons. The zero-order valence-electron chi connectivity index (χ0n) is 9.22. The summed E-state index contributed by atoms with van der Waals surface area (Å²) < 4.78 is 10.6. The summed E-state index contributed by atoms with van der Waals surface area (Å²) in [5.74, 6) is 0.115. The van der Waals surface area contributed by atoms with Gasteiger partial charge < -0.3 is 14.4 Å². The molecule has 0 radical (unpaired) electrons. The number of piperidine rings is 1. The van der Waals surface area contributed by atoms with Crippen molar-refractivity contribution in [1.82, 2.24) is 4.90 Å². The van der Waals surface area contributed by atoms with E-state index in [1.807, 2.05) is 0 Å². The summed E-state index contributed by atoms with van der Waals surface area (Å²) in [4.78, 5) is 13.8. The number of hydrogen-bond donors (Lipinski definition) is 0. The van der Waals surface area contributed by atoms with Crippen molar-refractivity contribution in [3.63, 3.8) is 0 Å². The molecule has 16 heavy (non-hydrogen) atoms. The van der Waals surface area contributed by atoms with Crippen molar-refractivity contribution in [3.05, 3.63) is 0 Å². The van der Waals surface area contributed by atoms with Crippen molar-refractivity contribution in [3.8, 4) is 6.07 Å². The van der Waals surface area contributed by atoms with E-state index in [9.17, 15) is 4.79 Å². The average molecular weight is 224 g/mol. The van der Waals surface area contributed by atoms with E-state index >= 15 is 0 Å². The van der Waals surface area contributed by atoms with Gasteiger partial charge >= 0.3 is 0 Å². The molecule has 0 N–H and O–H groups in total. The largest absolute Gasteiger partial charge is 0.376 e. The molecule has 0 saturated carbocycles. The van der Waals surface area contributed by atoms with Crippen molar-refractivity contribution in [2.75, 3.05) is 32.9 Å². The molecule has 2 saturated heterocycles. The Balaban J connectivity index is 1.84. The van der Waals surface area contributed by atoms with Crippen LogP contribution in [0.2, 0.25) is 0 Å². The first kappa shape index (κ1) is 11.4. The number of carbonyl (C=O) groups excluding carboxylic acids is 1. The van der Waals surface area contributed by atoms with Gasteiger partial charge in [-0.3, -0.25) is 4.79 Å². The number of nitriles is 1. The Morgan fingerprint density at radius 2 is 2.06 bits per heavy atom. The second-order valence-corrected chi connectivity index (χ2v) is 4.16. The molecule has 2 fully saturated rings. The Bertz CT molecular complexity index is 286. The fraction of sp³-hybridized carbons (Fsp3) is 0.818. The van der Waals surface area contributed by atoms with Crippen LogP contribution in [0.25, 0.3) is 0 Å². The van der Waals surface area contributed by atoms with E-state index in [-0.39, 0.29) is 11.8 Å². The molecule has 2 rings (SSSR count). The zero-order valence-corrected chi connectivity index (χ0v) is 9.22. The van der Waals surface area contributed by atoms with E-state index < -0.39 is 6.10 Å². The van der Waals surface area contributed by atoms with Gasteiger partial charge in [0.05, 0.1) is 25.9 Å². The second kappa shape index (κ2) is 5.28. The molecule has 1 atom stereocenters. The highest BCUT2D eigenvalue weighted by atomic mass is 16.6. The molecular weight excluding hydrogens is 208 g/mol. The van der Waals surface area contributed by atoms with Gasteiger partial charge in [-0.1, -0.05) is 0 Å². The molecule has 1 unspecified atom stereocenters. The molecule has 0 spiro atoms. The lowest BCUT2D eigenvalue weighted by Crippen LogP contribution is -2.48. The highest BCUT2D eigenvalue weighted by Gasteiger charge is 2.30. The van der Waals surface area contributed by atoms with Crippen LogP contribution in [-0.4, -0.2) is 49.8 Å². The Morgan fingerprint density at radius 3 is 2.62 bits per heavy atom. The van der Waals surface area contributed by atoms with Gasteiger partial charge in [0, 0.05) is 19.0 Å². The minimum Gasteiger partial charge on any atom is -0.376 e. The standard InChI is InChI=1S/C11H16N2O3/c12-7-9-1-3-13(4-2-9)11(14)10-8-15-5-6-16-10/h9-10H,1-6,8H2. The smallest absolute Gasteiger partial charge is 0.254 e. The summed E-state index contributed by atoms with van der Waals surface area (Å²) in [5.41, 5.74) is 0. The maximum atomic E-state index is 12.0. The highest BCUT2D eigenvalue weighted by molar-refractivity contribution is 5.81. The van der Waals surface area contributed by atoms with E-state index in [2.05, 4.69) is 6.07 Å². The maximum absolute atomic E-state index is 12.0. The van der Waals surface area contributed by atoms with Crippen LogP contribution in [0.5, 0.6) is 0 Å². The van der Waals surface area contributed by atoms with Gasteiger partial charge in [-0.2, -0.15) is 5.26 Å². The van der Waals surface area contributed by atoms with E-state index in [1.165, 1.54) is 0 Å². The lowest BCUT2D eigenvalue weighted by atomic mass is 9.98. The molecule has 0 aromatic carbocycles. The summed E-state index contributed by atoms with van der Waals surface area (Å²) in [6.45, 7) is 2.75. The molecule has 2 aliphatic heterocycles. The fourth-order valence-corrected chi connectivity index (χ4v) is 2.06. The van der Waals surface area contributed by atoms with Crippen LogP contribution >= 0.6 is 0 Å². The van der Waals surface area contributed by atoms with Crippen LogP contribution in [0.3, 0.4) is 0 Å². The van der Waals surface area contributed by atoms with Crippen molar-refractivity contribution in [2.24, 2.45) is 5.92 Å². The van der Waals surface area contributed by atoms with Crippen molar-refractivity contribution in [1.29, 1.82) is 5.26 Å². The Labute approximate surface area is 94.9 Å². The third kappa shape index (κ3) is 2.52. The number of rotatable bonds is 1. The predicted molar refractivity (Wildman–Crippen MR) is 55.5 cm³/mol. The van der Waals surface area contributed by atoms with Crippen LogP contribution in [0.1, 0.15) is 12.8 Å². The monoisotopic (exact) mass is 224 g/mol. The number of hydrogen-bond acceptors (Lipinski definition) is 4. The van der Waals surface area contributed by atoms with Crippen molar-refractivity contribution in [2.45, 2.75) is 18.9 Å². The average Bonchev–Trinajstić information content (AvgIpc) is 2.39. The van der Waals surface area contributed by atoms with Gasteiger partial charge in [-0.15, -0.1) is 0 Å². The number of ether oxygens (including phenoxy) is 2. The van der Waals surface area contributed by atoms with Gasteiger partial charge in [0.25, 0.3) is 5.91 Å². The van der Waals surface area contributed by atoms with E-state index in [1.54, 1.807) is 4.90 Å². The SMILES string of the molecule is N#CC1CCN(C(=O)C2COCCO2)CC1. The van der Waals surface area contributed by atoms with Gasteiger partial charge in [-0.25, -0.2) is 0 Å². The number of carbonyl (C=O) groups is 1. The lowest BCUT2D eigenvalue weighted by molar-refractivity contribution is -0.159. The van der Waals surface area contributed by atoms with Gasteiger partial charge in [0.1, 0.15) is 0 Å². The number of likely N-dealkylation sites (tertiary alicyclic amines) is 1. The summed E-state index contributed by atoms with van der Waals surface area (Å²) in [7, 11) is 0. The molecule has 0 aromatic heterocycles. The summed E-state index contributed by atoms with van der Waals surface area (Å²) >= 11 is 0. The summed E-state index contributed by atoms with van der Waals surface area (Å²) in [6.07, 6.45) is 1.11. The molecule has 5 heteroatoms. The normalized spacial score (nSPS) is 27.4. The first-order valence-corrected chi connectivity index (χ1v) is 5.69. The number of amides is 1. The molecule has 5 nitrogen and oxygen atoms in total. The first-order chi connectivity index (χ1) is 7.81. The zero-order chi connectivity index (χ0) is 11.4.